The molecule has 0 saturated heterocycles. The molecule has 0 bridgehead atoms. The van der Waals surface area contributed by atoms with Crippen LogP contribution in [0, 0.1) is 0 Å². The number of fused-ring (bicyclic) bond motifs is 1. The third-order valence-corrected chi connectivity index (χ3v) is 2.70. The number of halogens is 1. The van der Waals surface area contributed by atoms with Gasteiger partial charge in [0.1, 0.15) is 5.75 Å². The second-order valence-electron chi connectivity index (χ2n) is 4.07. The van der Waals surface area contributed by atoms with E-state index >= 15 is 0 Å². The second kappa shape index (κ2) is 4.90. The van der Waals surface area contributed by atoms with Crippen LogP contribution in [0.25, 0.3) is 10.9 Å². The summed E-state index contributed by atoms with van der Waals surface area (Å²) in [6.45, 7) is 3.79. The highest BCUT2D eigenvalue weighted by Gasteiger charge is 2.12. The van der Waals surface area contributed by atoms with Gasteiger partial charge in [-0.2, -0.15) is 0 Å². The number of rotatable bonds is 3. The summed E-state index contributed by atoms with van der Waals surface area (Å²) in [6, 6.07) is 5.53. The highest BCUT2D eigenvalue weighted by Crippen LogP contribution is 2.32. The Morgan fingerprint density at radius 1 is 1.41 bits per heavy atom. The van der Waals surface area contributed by atoms with E-state index in [9.17, 15) is 5.11 Å². The zero-order valence-corrected chi connectivity index (χ0v) is 10.5. The van der Waals surface area contributed by atoms with Crippen molar-refractivity contribution < 1.29 is 9.84 Å². The van der Waals surface area contributed by atoms with Crippen molar-refractivity contribution in [3.05, 3.63) is 35.0 Å². The third kappa shape index (κ3) is 2.35. The standard InChI is InChI=1S/C13H14ClNO2/c1-8(2)17-13-9(7-16)6-15-12-10(13)4-3-5-11(12)14/h3-6,8,16H,7H2,1-2H3. The summed E-state index contributed by atoms with van der Waals surface area (Å²) >= 11 is 6.08. The number of benzene rings is 1. The first kappa shape index (κ1) is 12.1. The Kier molecular flexibility index (Phi) is 3.50. The van der Waals surface area contributed by atoms with Gasteiger partial charge in [-0.3, -0.25) is 4.98 Å². The minimum atomic E-state index is -0.0997. The molecule has 0 aliphatic carbocycles. The van der Waals surface area contributed by atoms with Crippen molar-refractivity contribution in [1.82, 2.24) is 4.98 Å². The molecule has 0 spiro atoms. The maximum absolute atomic E-state index is 9.31. The quantitative estimate of drug-likeness (QED) is 0.911. The molecule has 1 N–H and O–H groups in total. The largest absolute Gasteiger partial charge is 0.490 e. The highest BCUT2D eigenvalue weighted by atomic mass is 35.5. The molecule has 0 fully saturated rings. The first-order chi connectivity index (χ1) is 8.13. The molecule has 0 radical (unpaired) electrons. The van der Waals surface area contributed by atoms with Crippen molar-refractivity contribution in [1.29, 1.82) is 0 Å². The summed E-state index contributed by atoms with van der Waals surface area (Å²) < 4.78 is 5.75. The predicted octanol–water partition coefficient (Wildman–Crippen LogP) is 3.17. The molecule has 0 amide bonds. The Balaban J connectivity index is 2.70. The molecule has 90 valence electrons. The van der Waals surface area contributed by atoms with E-state index in [1.165, 1.54) is 0 Å². The van der Waals surface area contributed by atoms with E-state index in [1.54, 1.807) is 12.3 Å². The van der Waals surface area contributed by atoms with Crippen LogP contribution in [0.15, 0.2) is 24.4 Å². The molecule has 0 aliphatic heterocycles. The SMILES string of the molecule is CC(C)Oc1c(CO)cnc2c(Cl)cccc12. The van der Waals surface area contributed by atoms with Crippen LogP contribution < -0.4 is 4.74 Å². The lowest BCUT2D eigenvalue weighted by molar-refractivity contribution is 0.228. The second-order valence-corrected chi connectivity index (χ2v) is 4.48. The molecule has 1 aromatic carbocycles. The van der Waals surface area contributed by atoms with Crippen molar-refractivity contribution in [2.75, 3.05) is 0 Å². The Morgan fingerprint density at radius 3 is 2.82 bits per heavy atom. The molecule has 2 rings (SSSR count). The van der Waals surface area contributed by atoms with Gasteiger partial charge >= 0.3 is 0 Å². The molecule has 3 nitrogen and oxygen atoms in total. The fourth-order valence-electron chi connectivity index (χ4n) is 1.69. The third-order valence-electron chi connectivity index (χ3n) is 2.40. The number of pyridine rings is 1. The Morgan fingerprint density at radius 2 is 2.18 bits per heavy atom. The van der Waals surface area contributed by atoms with Gasteiger partial charge in [-0.1, -0.05) is 17.7 Å². The van der Waals surface area contributed by atoms with Crippen LogP contribution in [0.2, 0.25) is 5.02 Å². The maximum Gasteiger partial charge on any atom is 0.136 e. The van der Waals surface area contributed by atoms with E-state index in [2.05, 4.69) is 4.98 Å². The lowest BCUT2D eigenvalue weighted by Gasteiger charge is -2.15. The number of hydrogen-bond donors (Lipinski definition) is 1. The number of aliphatic hydroxyl groups is 1. The van der Waals surface area contributed by atoms with Gasteiger partial charge in [0.2, 0.25) is 0 Å². The first-order valence-electron chi connectivity index (χ1n) is 5.47. The fourth-order valence-corrected chi connectivity index (χ4v) is 1.91. The fraction of sp³-hybridized carbons (Fsp3) is 0.308. The summed E-state index contributed by atoms with van der Waals surface area (Å²) in [5.74, 6) is 0.662. The summed E-state index contributed by atoms with van der Waals surface area (Å²) in [5.41, 5.74) is 1.37. The van der Waals surface area contributed by atoms with Gasteiger partial charge in [-0.05, 0) is 26.0 Å². The molecule has 2 aromatic rings. The molecule has 17 heavy (non-hydrogen) atoms. The van der Waals surface area contributed by atoms with E-state index in [4.69, 9.17) is 16.3 Å². The average molecular weight is 252 g/mol. The number of aromatic nitrogens is 1. The minimum absolute atomic E-state index is 0.0323. The average Bonchev–Trinajstić information content (AvgIpc) is 2.29. The van der Waals surface area contributed by atoms with E-state index in [0.717, 1.165) is 5.39 Å². The topological polar surface area (TPSA) is 42.4 Å². The Bertz CT molecular complexity index is 540. The van der Waals surface area contributed by atoms with Gasteiger partial charge in [0.15, 0.2) is 0 Å². The molecular formula is C13H14ClNO2. The van der Waals surface area contributed by atoms with E-state index in [-0.39, 0.29) is 12.7 Å². The number of para-hydroxylation sites is 1. The van der Waals surface area contributed by atoms with Gasteiger partial charge in [0, 0.05) is 17.1 Å². The minimum Gasteiger partial charge on any atom is -0.490 e. The predicted molar refractivity (Wildman–Crippen MR) is 68.4 cm³/mol. The smallest absolute Gasteiger partial charge is 0.136 e. The van der Waals surface area contributed by atoms with E-state index in [0.29, 0.717) is 21.9 Å². The maximum atomic E-state index is 9.31. The van der Waals surface area contributed by atoms with Crippen LogP contribution in [0.1, 0.15) is 19.4 Å². The zero-order chi connectivity index (χ0) is 12.4. The van der Waals surface area contributed by atoms with Gasteiger partial charge in [-0.15, -0.1) is 0 Å². The van der Waals surface area contributed by atoms with Gasteiger partial charge in [0.25, 0.3) is 0 Å². The Labute approximate surface area is 105 Å². The monoisotopic (exact) mass is 251 g/mol. The molecule has 4 heteroatoms. The molecule has 0 atom stereocenters. The van der Waals surface area contributed by atoms with Gasteiger partial charge in [0.05, 0.1) is 23.3 Å². The molecule has 0 unspecified atom stereocenters. The number of aliphatic hydroxyl groups excluding tert-OH is 1. The summed E-state index contributed by atoms with van der Waals surface area (Å²) in [7, 11) is 0. The van der Waals surface area contributed by atoms with Crippen molar-refractivity contribution in [2.24, 2.45) is 0 Å². The lowest BCUT2D eigenvalue weighted by Crippen LogP contribution is -2.08. The number of hydrogen-bond acceptors (Lipinski definition) is 3. The van der Waals surface area contributed by atoms with Gasteiger partial charge in [-0.25, -0.2) is 0 Å². The van der Waals surface area contributed by atoms with Crippen LogP contribution >= 0.6 is 11.6 Å². The number of ether oxygens (including phenoxy) is 1. The molecule has 0 saturated carbocycles. The molecule has 0 aliphatic rings. The van der Waals surface area contributed by atoms with Crippen molar-refractivity contribution in [3.8, 4) is 5.75 Å². The van der Waals surface area contributed by atoms with Gasteiger partial charge < -0.3 is 9.84 Å². The van der Waals surface area contributed by atoms with Crippen molar-refractivity contribution in [3.63, 3.8) is 0 Å². The molecule has 1 heterocycles. The van der Waals surface area contributed by atoms with E-state index in [1.807, 2.05) is 26.0 Å². The molecular weight excluding hydrogens is 238 g/mol. The summed E-state index contributed by atoms with van der Waals surface area (Å²) in [6.07, 6.45) is 1.64. The number of nitrogens with zero attached hydrogens (tertiary/aromatic N) is 1. The Hall–Kier alpha value is -1.32. The van der Waals surface area contributed by atoms with Crippen molar-refractivity contribution >= 4 is 22.5 Å². The first-order valence-corrected chi connectivity index (χ1v) is 5.85. The van der Waals surface area contributed by atoms with Crippen LogP contribution in [-0.4, -0.2) is 16.2 Å². The zero-order valence-electron chi connectivity index (χ0n) is 9.77. The van der Waals surface area contributed by atoms with Crippen LogP contribution in [0.5, 0.6) is 5.75 Å². The van der Waals surface area contributed by atoms with Crippen LogP contribution in [-0.2, 0) is 6.61 Å². The molecule has 1 aromatic heterocycles. The van der Waals surface area contributed by atoms with E-state index < -0.39 is 0 Å². The van der Waals surface area contributed by atoms with Crippen molar-refractivity contribution in [2.45, 2.75) is 26.6 Å². The summed E-state index contributed by atoms with van der Waals surface area (Å²) in [5, 5.41) is 10.7. The lowest BCUT2D eigenvalue weighted by atomic mass is 10.1. The normalized spacial score (nSPS) is 11.1. The van der Waals surface area contributed by atoms with Crippen LogP contribution in [0.4, 0.5) is 0 Å². The highest BCUT2D eigenvalue weighted by molar-refractivity contribution is 6.35. The summed E-state index contributed by atoms with van der Waals surface area (Å²) in [4.78, 5) is 4.25. The van der Waals surface area contributed by atoms with Crippen LogP contribution in [0.3, 0.4) is 0 Å².